The van der Waals surface area contributed by atoms with Gasteiger partial charge in [-0.2, -0.15) is 0 Å². The van der Waals surface area contributed by atoms with Crippen molar-refractivity contribution in [3.05, 3.63) is 59.7 Å². The van der Waals surface area contributed by atoms with E-state index in [1.807, 2.05) is 0 Å². The lowest BCUT2D eigenvalue weighted by Gasteiger charge is -2.12. The third kappa shape index (κ3) is 3.72. The Morgan fingerprint density at radius 2 is 1.74 bits per heavy atom. The quantitative estimate of drug-likeness (QED) is 0.930. The molecule has 0 saturated heterocycles. The second-order valence-corrected chi connectivity index (χ2v) is 7.05. The average Bonchev–Trinajstić information content (AvgIpc) is 2.51. The lowest BCUT2D eigenvalue weighted by molar-refractivity contribution is 0.102. The summed E-state index contributed by atoms with van der Waals surface area (Å²) in [4.78, 5) is 12.1. The van der Waals surface area contributed by atoms with Crippen molar-refractivity contribution >= 4 is 21.6 Å². The van der Waals surface area contributed by atoms with Gasteiger partial charge in [0.1, 0.15) is 0 Å². The first-order valence-electron chi connectivity index (χ1n) is 6.51. The second kappa shape index (κ2) is 6.43. The Kier molecular flexibility index (Phi) is 4.76. The summed E-state index contributed by atoms with van der Waals surface area (Å²) in [6, 6.07) is 8.36. The predicted octanol–water partition coefficient (Wildman–Crippen LogP) is 2.47. The molecule has 5 nitrogen and oxygen atoms in total. The largest absolute Gasteiger partial charge is 0.322 e. The number of carbonyl (C=O) groups excluding carboxylic acids is 1. The van der Waals surface area contributed by atoms with Gasteiger partial charge in [-0.05, 0) is 30.3 Å². The van der Waals surface area contributed by atoms with Gasteiger partial charge >= 0.3 is 0 Å². The molecule has 122 valence electrons. The van der Waals surface area contributed by atoms with E-state index in [9.17, 15) is 22.0 Å². The van der Waals surface area contributed by atoms with Crippen molar-refractivity contribution in [2.24, 2.45) is 0 Å². The summed E-state index contributed by atoms with van der Waals surface area (Å²) in [5, 5.41) is 2.38. The van der Waals surface area contributed by atoms with Crippen molar-refractivity contribution in [2.75, 3.05) is 19.4 Å². The van der Waals surface area contributed by atoms with Crippen LogP contribution in [0.2, 0.25) is 0 Å². The van der Waals surface area contributed by atoms with Crippen LogP contribution >= 0.6 is 0 Å². The maximum atomic E-state index is 13.1. The monoisotopic (exact) mass is 340 g/mol. The molecule has 0 saturated carbocycles. The molecule has 2 aromatic rings. The van der Waals surface area contributed by atoms with Crippen molar-refractivity contribution in [1.29, 1.82) is 0 Å². The van der Waals surface area contributed by atoms with Crippen LogP contribution < -0.4 is 5.32 Å². The Morgan fingerprint density at radius 1 is 1.04 bits per heavy atom. The number of carbonyl (C=O) groups is 1. The second-order valence-electron chi connectivity index (χ2n) is 4.90. The highest BCUT2D eigenvalue weighted by Gasteiger charge is 2.18. The lowest BCUT2D eigenvalue weighted by Crippen LogP contribution is -2.22. The highest BCUT2D eigenvalue weighted by Crippen LogP contribution is 2.17. The Labute approximate surface area is 132 Å². The number of nitrogens with one attached hydrogen (secondary N) is 1. The summed E-state index contributed by atoms with van der Waals surface area (Å²) in [5.74, 6) is -2.75. The van der Waals surface area contributed by atoms with Gasteiger partial charge in [-0.1, -0.05) is 6.07 Å². The lowest BCUT2D eigenvalue weighted by atomic mass is 10.2. The number of halogens is 2. The van der Waals surface area contributed by atoms with Crippen molar-refractivity contribution in [3.63, 3.8) is 0 Å². The normalized spacial score (nSPS) is 11.5. The molecule has 1 amide bonds. The smallest absolute Gasteiger partial charge is 0.255 e. The molecular formula is C15H14F2N2O3S. The van der Waals surface area contributed by atoms with E-state index < -0.39 is 27.6 Å². The summed E-state index contributed by atoms with van der Waals surface area (Å²) in [7, 11) is -0.918. The fraction of sp³-hybridized carbons (Fsp3) is 0.133. The molecule has 1 N–H and O–H groups in total. The van der Waals surface area contributed by atoms with Gasteiger partial charge in [-0.25, -0.2) is 21.5 Å². The zero-order chi connectivity index (χ0) is 17.2. The molecule has 0 aliphatic rings. The third-order valence-electron chi connectivity index (χ3n) is 3.05. The molecule has 0 fully saturated rings. The van der Waals surface area contributed by atoms with Gasteiger partial charge < -0.3 is 5.32 Å². The maximum Gasteiger partial charge on any atom is 0.255 e. The van der Waals surface area contributed by atoms with Crippen molar-refractivity contribution in [2.45, 2.75) is 4.90 Å². The average molecular weight is 340 g/mol. The van der Waals surface area contributed by atoms with Gasteiger partial charge in [0.2, 0.25) is 10.0 Å². The van der Waals surface area contributed by atoms with Gasteiger partial charge in [0.15, 0.2) is 11.6 Å². The minimum atomic E-state index is -3.67. The Hall–Kier alpha value is -2.32. The van der Waals surface area contributed by atoms with Crippen LogP contribution in [0.15, 0.2) is 47.4 Å². The summed E-state index contributed by atoms with van der Waals surface area (Å²) in [6.45, 7) is 0. The first kappa shape index (κ1) is 17.0. The Bertz CT molecular complexity index is 852. The highest BCUT2D eigenvalue weighted by atomic mass is 32.2. The molecule has 0 aliphatic heterocycles. The van der Waals surface area contributed by atoms with E-state index >= 15 is 0 Å². The highest BCUT2D eigenvalue weighted by molar-refractivity contribution is 7.89. The number of rotatable bonds is 4. The van der Waals surface area contributed by atoms with Crippen LogP contribution in [-0.2, 0) is 10.0 Å². The van der Waals surface area contributed by atoms with E-state index in [0.29, 0.717) is 0 Å². The Morgan fingerprint density at radius 3 is 2.35 bits per heavy atom. The molecule has 0 unspecified atom stereocenters. The summed E-state index contributed by atoms with van der Waals surface area (Å²) in [5.41, 5.74) is 0.146. The number of hydrogen-bond donors (Lipinski definition) is 1. The number of sulfonamides is 1. The summed E-state index contributed by atoms with van der Waals surface area (Å²) >= 11 is 0. The van der Waals surface area contributed by atoms with Crippen LogP contribution in [0, 0.1) is 11.6 Å². The van der Waals surface area contributed by atoms with E-state index in [0.717, 1.165) is 16.4 Å². The maximum absolute atomic E-state index is 13.1. The minimum absolute atomic E-state index is 0.0413. The van der Waals surface area contributed by atoms with Gasteiger partial charge in [0, 0.05) is 31.4 Å². The van der Waals surface area contributed by atoms with Crippen molar-refractivity contribution < 1.29 is 22.0 Å². The number of nitrogens with zero attached hydrogens (tertiary/aromatic N) is 1. The van der Waals surface area contributed by atoms with E-state index in [1.54, 1.807) is 0 Å². The van der Waals surface area contributed by atoms with Crippen LogP contribution in [0.3, 0.4) is 0 Å². The van der Waals surface area contributed by atoms with Crippen LogP contribution in [0.25, 0.3) is 0 Å². The van der Waals surface area contributed by atoms with Gasteiger partial charge in [-0.3, -0.25) is 4.79 Å². The van der Waals surface area contributed by atoms with E-state index in [2.05, 4.69) is 5.32 Å². The van der Waals surface area contributed by atoms with Crippen LogP contribution in [0.1, 0.15) is 10.4 Å². The molecule has 0 bridgehead atoms. The molecule has 0 radical (unpaired) electrons. The fourth-order valence-electron chi connectivity index (χ4n) is 1.79. The molecule has 0 aliphatic carbocycles. The number of hydrogen-bond acceptors (Lipinski definition) is 3. The molecule has 0 aromatic heterocycles. The molecule has 0 heterocycles. The molecule has 2 aromatic carbocycles. The summed E-state index contributed by atoms with van der Waals surface area (Å²) < 4.78 is 51.1. The molecular weight excluding hydrogens is 326 g/mol. The molecule has 8 heteroatoms. The SMILES string of the molecule is CN(C)S(=O)(=O)c1cccc(C(=O)Nc2ccc(F)c(F)c2)c1. The molecule has 0 spiro atoms. The van der Waals surface area contributed by atoms with Crippen LogP contribution in [0.5, 0.6) is 0 Å². The van der Waals surface area contributed by atoms with Gasteiger partial charge in [0.05, 0.1) is 4.90 Å². The third-order valence-corrected chi connectivity index (χ3v) is 4.86. The first-order valence-corrected chi connectivity index (χ1v) is 7.95. The van der Waals surface area contributed by atoms with Crippen molar-refractivity contribution in [1.82, 2.24) is 4.31 Å². The van der Waals surface area contributed by atoms with E-state index in [1.165, 1.54) is 44.4 Å². The number of anilines is 1. The first-order chi connectivity index (χ1) is 10.7. The van der Waals surface area contributed by atoms with Crippen LogP contribution in [0.4, 0.5) is 14.5 Å². The predicted molar refractivity (Wildman–Crippen MR) is 81.6 cm³/mol. The standard InChI is InChI=1S/C15H14F2N2O3S/c1-19(2)23(21,22)12-5-3-4-10(8-12)15(20)18-11-6-7-13(16)14(17)9-11/h3-9H,1-2H3,(H,18,20). The zero-order valence-corrected chi connectivity index (χ0v) is 13.2. The van der Waals surface area contributed by atoms with Gasteiger partial charge in [0.25, 0.3) is 5.91 Å². The molecule has 0 atom stereocenters. The van der Waals surface area contributed by atoms with Crippen LogP contribution in [-0.4, -0.2) is 32.7 Å². The van der Waals surface area contributed by atoms with E-state index in [-0.39, 0.29) is 16.1 Å². The molecule has 23 heavy (non-hydrogen) atoms. The number of amides is 1. The fourth-order valence-corrected chi connectivity index (χ4v) is 2.73. The topological polar surface area (TPSA) is 66.5 Å². The van der Waals surface area contributed by atoms with Crippen molar-refractivity contribution in [3.8, 4) is 0 Å². The number of benzene rings is 2. The minimum Gasteiger partial charge on any atom is -0.322 e. The zero-order valence-electron chi connectivity index (χ0n) is 12.4. The Balaban J connectivity index is 2.28. The molecule has 2 rings (SSSR count). The summed E-state index contributed by atoms with van der Waals surface area (Å²) in [6.07, 6.45) is 0. The van der Waals surface area contributed by atoms with Gasteiger partial charge in [-0.15, -0.1) is 0 Å². The van der Waals surface area contributed by atoms with E-state index in [4.69, 9.17) is 0 Å².